The van der Waals surface area contributed by atoms with Crippen LogP contribution < -0.4 is 9.47 Å². The Balaban J connectivity index is 2.01. The maximum absolute atomic E-state index is 12.9. The monoisotopic (exact) mass is 458 g/mol. The number of hydrogen-bond donors (Lipinski definition) is 0. The summed E-state index contributed by atoms with van der Waals surface area (Å²) in [6.45, 7) is 5.65. The lowest BCUT2D eigenvalue weighted by Gasteiger charge is -2.12. The number of amidine groups is 1. The molecule has 0 bridgehead atoms. The molecule has 1 amide bonds. The average Bonchev–Trinajstić information content (AvgIpc) is 3.03. The number of ether oxygens (including phenoxy) is 2. The molecular weight excluding hydrogens is 436 g/mol. The SMILES string of the molecule is C=CCN1C(=O)/C(=C/c2ccc(OC)cc2OC)S/C1=N/S(=O)(=O)c1ccc(C)cc1. The molecule has 1 fully saturated rings. The first-order valence-electron chi connectivity index (χ1n) is 9.25. The highest BCUT2D eigenvalue weighted by Crippen LogP contribution is 2.36. The third kappa shape index (κ3) is 5.00. The minimum atomic E-state index is -3.98. The van der Waals surface area contributed by atoms with Gasteiger partial charge >= 0.3 is 0 Å². The zero-order valence-corrected chi connectivity index (χ0v) is 19.0. The standard InChI is InChI=1S/C22H22N2O5S2/c1-5-12-24-21(25)20(13-16-8-9-17(28-3)14-19(16)29-4)30-22(24)23-31(26,27)18-10-6-15(2)7-11-18/h5-11,13-14H,1,12H2,2-4H3/b20-13-,23-22+. The van der Waals surface area contributed by atoms with E-state index in [1.807, 2.05) is 6.92 Å². The van der Waals surface area contributed by atoms with Gasteiger partial charge in [-0.25, -0.2) is 0 Å². The summed E-state index contributed by atoms with van der Waals surface area (Å²) in [6, 6.07) is 11.6. The van der Waals surface area contributed by atoms with E-state index in [2.05, 4.69) is 11.0 Å². The van der Waals surface area contributed by atoms with Crippen LogP contribution in [0.15, 0.2) is 69.3 Å². The second-order valence-electron chi connectivity index (χ2n) is 6.58. The molecular formula is C22H22N2O5S2. The summed E-state index contributed by atoms with van der Waals surface area (Å²) in [7, 11) is -0.914. The molecule has 0 saturated carbocycles. The summed E-state index contributed by atoms with van der Waals surface area (Å²) in [5.74, 6) is 0.776. The van der Waals surface area contributed by atoms with Gasteiger partial charge in [0.05, 0.1) is 24.0 Å². The molecule has 1 aliphatic heterocycles. The number of methoxy groups -OCH3 is 2. The van der Waals surface area contributed by atoms with Crippen LogP contribution in [0.4, 0.5) is 0 Å². The van der Waals surface area contributed by atoms with Crippen molar-refractivity contribution in [3.63, 3.8) is 0 Å². The summed E-state index contributed by atoms with van der Waals surface area (Å²) in [5, 5.41) is 0.0733. The fraction of sp³-hybridized carbons (Fsp3) is 0.182. The summed E-state index contributed by atoms with van der Waals surface area (Å²) in [6.07, 6.45) is 3.16. The van der Waals surface area contributed by atoms with Crippen molar-refractivity contribution in [3.8, 4) is 11.5 Å². The molecule has 1 aliphatic rings. The van der Waals surface area contributed by atoms with E-state index in [-0.39, 0.29) is 22.5 Å². The number of benzene rings is 2. The van der Waals surface area contributed by atoms with Crippen LogP contribution >= 0.6 is 11.8 Å². The van der Waals surface area contributed by atoms with Crippen molar-refractivity contribution < 1.29 is 22.7 Å². The Labute approximate surface area is 186 Å². The quantitative estimate of drug-likeness (QED) is 0.463. The number of carbonyl (C=O) groups excluding carboxylic acids is 1. The van der Waals surface area contributed by atoms with Crippen LogP contribution in [0.1, 0.15) is 11.1 Å². The van der Waals surface area contributed by atoms with Crippen LogP contribution in [0.3, 0.4) is 0 Å². The van der Waals surface area contributed by atoms with Crippen LogP contribution in [-0.4, -0.2) is 45.2 Å². The van der Waals surface area contributed by atoms with Crippen LogP contribution in [0.5, 0.6) is 11.5 Å². The van der Waals surface area contributed by atoms with Gasteiger partial charge in [-0.15, -0.1) is 11.0 Å². The van der Waals surface area contributed by atoms with Gasteiger partial charge in [-0.1, -0.05) is 23.8 Å². The fourth-order valence-corrected chi connectivity index (χ4v) is 4.99. The zero-order valence-electron chi connectivity index (χ0n) is 17.4. The number of aryl methyl sites for hydroxylation is 1. The smallest absolute Gasteiger partial charge is 0.284 e. The number of sulfonamides is 1. The molecule has 31 heavy (non-hydrogen) atoms. The van der Waals surface area contributed by atoms with Crippen LogP contribution in [0.25, 0.3) is 6.08 Å². The maximum atomic E-state index is 12.9. The molecule has 0 spiro atoms. The van der Waals surface area contributed by atoms with Gasteiger partial charge in [-0.2, -0.15) is 8.42 Å². The highest BCUT2D eigenvalue weighted by atomic mass is 32.2. The van der Waals surface area contributed by atoms with Crippen molar-refractivity contribution in [2.45, 2.75) is 11.8 Å². The lowest BCUT2D eigenvalue weighted by atomic mass is 10.1. The van der Waals surface area contributed by atoms with Crippen molar-refractivity contribution >= 4 is 38.9 Å². The molecule has 0 aliphatic carbocycles. The largest absolute Gasteiger partial charge is 0.497 e. The fourth-order valence-electron chi connectivity index (χ4n) is 2.81. The van der Waals surface area contributed by atoms with E-state index >= 15 is 0 Å². The van der Waals surface area contributed by atoms with Crippen molar-refractivity contribution in [1.82, 2.24) is 4.90 Å². The van der Waals surface area contributed by atoms with Crippen LogP contribution in [-0.2, 0) is 14.8 Å². The third-order valence-electron chi connectivity index (χ3n) is 4.44. The van der Waals surface area contributed by atoms with Gasteiger partial charge in [-0.05, 0) is 49.0 Å². The molecule has 1 heterocycles. The number of amides is 1. The number of rotatable bonds is 7. The highest BCUT2D eigenvalue weighted by Gasteiger charge is 2.34. The van der Waals surface area contributed by atoms with Crippen LogP contribution in [0.2, 0.25) is 0 Å². The Morgan fingerprint density at radius 2 is 1.84 bits per heavy atom. The minimum absolute atomic E-state index is 0.0615. The van der Waals surface area contributed by atoms with Crippen molar-refractivity contribution in [2.24, 2.45) is 4.40 Å². The molecule has 0 atom stereocenters. The Hall–Kier alpha value is -3.04. The Morgan fingerprint density at radius 3 is 2.45 bits per heavy atom. The second-order valence-corrected chi connectivity index (χ2v) is 9.20. The van der Waals surface area contributed by atoms with Gasteiger partial charge in [0.15, 0.2) is 5.17 Å². The van der Waals surface area contributed by atoms with Crippen molar-refractivity contribution in [1.29, 1.82) is 0 Å². The molecule has 0 unspecified atom stereocenters. The molecule has 1 saturated heterocycles. The Bertz CT molecular complexity index is 1170. The third-order valence-corrected chi connectivity index (χ3v) is 6.85. The van der Waals surface area contributed by atoms with Gasteiger partial charge in [0.2, 0.25) is 0 Å². The van der Waals surface area contributed by atoms with E-state index in [4.69, 9.17) is 9.47 Å². The van der Waals surface area contributed by atoms with Gasteiger partial charge in [-0.3, -0.25) is 9.69 Å². The molecule has 7 nitrogen and oxygen atoms in total. The molecule has 0 radical (unpaired) electrons. The van der Waals surface area contributed by atoms with E-state index in [0.29, 0.717) is 22.0 Å². The summed E-state index contributed by atoms with van der Waals surface area (Å²) in [4.78, 5) is 14.6. The minimum Gasteiger partial charge on any atom is -0.497 e. The number of nitrogens with zero attached hydrogens (tertiary/aromatic N) is 2. The van der Waals surface area contributed by atoms with E-state index < -0.39 is 10.0 Å². The van der Waals surface area contributed by atoms with Gasteiger partial charge in [0.25, 0.3) is 15.9 Å². The molecule has 9 heteroatoms. The van der Waals surface area contributed by atoms with E-state index in [1.165, 1.54) is 30.2 Å². The first-order valence-corrected chi connectivity index (χ1v) is 11.5. The maximum Gasteiger partial charge on any atom is 0.284 e. The predicted molar refractivity (Wildman–Crippen MR) is 123 cm³/mol. The molecule has 0 aromatic heterocycles. The number of carbonyl (C=O) groups is 1. The Morgan fingerprint density at radius 1 is 1.13 bits per heavy atom. The van der Waals surface area contributed by atoms with E-state index in [0.717, 1.165) is 17.3 Å². The molecule has 0 N–H and O–H groups in total. The molecule has 3 rings (SSSR count). The van der Waals surface area contributed by atoms with Gasteiger partial charge < -0.3 is 9.47 Å². The molecule has 2 aromatic carbocycles. The van der Waals surface area contributed by atoms with E-state index in [1.54, 1.807) is 43.5 Å². The van der Waals surface area contributed by atoms with Crippen molar-refractivity contribution in [2.75, 3.05) is 20.8 Å². The predicted octanol–water partition coefficient (Wildman–Crippen LogP) is 3.86. The summed E-state index contributed by atoms with van der Waals surface area (Å²) < 4.78 is 40.1. The molecule has 162 valence electrons. The van der Waals surface area contributed by atoms with Crippen LogP contribution in [0, 0.1) is 6.92 Å². The average molecular weight is 459 g/mol. The zero-order chi connectivity index (χ0) is 22.6. The Kier molecular flexibility index (Phi) is 6.87. The topological polar surface area (TPSA) is 85.3 Å². The molecule has 2 aromatic rings. The lowest BCUT2D eigenvalue weighted by molar-refractivity contribution is -0.121. The lowest BCUT2D eigenvalue weighted by Crippen LogP contribution is -2.29. The number of hydrogen-bond acceptors (Lipinski definition) is 6. The van der Waals surface area contributed by atoms with Gasteiger partial charge in [0, 0.05) is 18.2 Å². The second kappa shape index (κ2) is 9.40. The first-order chi connectivity index (χ1) is 14.8. The van der Waals surface area contributed by atoms with Gasteiger partial charge in [0.1, 0.15) is 11.5 Å². The van der Waals surface area contributed by atoms with E-state index in [9.17, 15) is 13.2 Å². The number of thioether (sulfide) groups is 1. The first kappa shape index (κ1) is 22.6. The van der Waals surface area contributed by atoms with Crippen molar-refractivity contribution in [3.05, 3.63) is 71.2 Å². The summed E-state index contributed by atoms with van der Waals surface area (Å²) in [5.41, 5.74) is 1.59. The normalized spacial score (nSPS) is 16.7. The highest BCUT2D eigenvalue weighted by molar-refractivity contribution is 8.19. The summed E-state index contributed by atoms with van der Waals surface area (Å²) >= 11 is 0.989.